The van der Waals surface area contributed by atoms with E-state index in [1.54, 1.807) is 7.11 Å². The summed E-state index contributed by atoms with van der Waals surface area (Å²) in [6.07, 6.45) is 1.95. The van der Waals surface area contributed by atoms with Crippen molar-refractivity contribution >= 4 is 0 Å². The number of nitrogens with zero attached hydrogens (tertiary/aromatic N) is 1. The summed E-state index contributed by atoms with van der Waals surface area (Å²) >= 11 is 0. The largest absolute Gasteiger partial charge is 0.396 e. The predicted molar refractivity (Wildman–Crippen MR) is 65.6 cm³/mol. The van der Waals surface area contributed by atoms with Crippen LogP contribution < -0.4 is 5.32 Å². The van der Waals surface area contributed by atoms with Gasteiger partial charge in [-0.15, -0.1) is 0 Å². The maximum Gasteiger partial charge on any atom is 0.0616 e. The molecule has 1 aliphatic rings. The van der Waals surface area contributed by atoms with Crippen molar-refractivity contribution in [3.8, 4) is 0 Å². The van der Waals surface area contributed by atoms with Gasteiger partial charge >= 0.3 is 0 Å². The Bertz CT molecular complexity index is 184. The minimum atomic E-state index is 0.224. The molecule has 0 aliphatic carbocycles. The Balaban J connectivity index is 2.37. The third-order valence-electron chi connectivity index (χ3n) is 3.40. The van der Waals surface area contributed by atoms with E-state index in [2.05, 4.69) is 24.2 Å². The summed E-state index contributed by atoms with van der Waals surface area (Å²) in [5.41, 5.74) is 0. The molecule has 0 aromatic rings. The van der Waals surface area contributed by atoms with Gasteiger partial charge < -0.3 is 20.1 Å². The molecule has 3 atom stereocenters. The van der Waals surface area contributed by atoms with Crippen LogP contribution in [-0.2, 0) is 4.74 Å². The average Bonchev–Trinajstić information content (AvgIpc) is 2.23. The minimum absolute atomic E-state index is 0.224. The molecule has 0 saturated carbocycles. The molecular formula is C12H26N2O2. The van der Waals surface area contributed by atoms with Gasteiger partial charge in [0.15, 0.2) is 0 Å². The van der Waals surface area contributed by atoms with Gasteiger partial charge in [-0.1, -0.05) is 6.92 Å². The van der Waals surface area contributed by atoms with Crippen molar-refractivity contribution < 1.29 is 9.84 Å². The lowest BCUT2D eigenvalue weighted by Crippen LogP contribution is -2.51. The molecule has 0 bridgehead atoms. The minimum Gasteiger partial charge on any atom is -0.396 e. The molecular weight excluding hydrogens is 204 g/mol. The first-order chi connectivity index (χ1) is 7.67. The summed E-state index contributed by atoms with van der Waals surface area (Å²) < 4.78 is 5.17. The molecule has 96 valence electrons. The number of hydrogen-bond donors (Lipinski definition) is 2. The molecule has 4 heteroatoms. The molecule has 1 saturated heterocycles. The Morgan fingerprint density at radius 1 is 1.56 bits per heavy atom. The summed E-state index contributed by atoms with van der Waals surface area (Å²) in [6, 6.07) is 0.841. The Morgan fingerprint density at radius 2 is 2.31 bits per heavy atom. The predicted octanol–water partition coefficient (Wildman–Crippen LogP) is 0.314. The number of rotatable bonds is 6. The summed E-state index contributed by atoms with van der Waals surface area (Å²) in [7, 11) is 3.89. The van der Waals surface area contributed by atoms with Crippen LogP contribution in [0.5, 0.6) is 0 Å². The molecule has 1 rings (SSSR count). The Kier molecular flexibility index (Phi) is 6.28. The molecule has 2 N–H and O–H groups in total. The zero-order valence-corrected chi connectivity index (χ0v) is 10.8. The standard InChI is InChI=1S/C12H26N2O2/c1-10-8-14(2)6-4-12(10)13-11(5-7-15)9-16-3/h10-13,15H,4-9H2,1-3H3. The highest BCUT2D eigenvalue weighted by molar-refractivity contribution is 4.84. The molecule has 1 fully saturated rings. The summed E-state index contributed by atoms with van der Waals surface area (Å²) in [6.45, 7) is 5.50. The van der Waals surface area contributed by atoms with Gasteiger partial charge in [0.2, 0.25) is 0 Å². The van der Waals surface area contributed by atoms with E-state index in [0.717, 1.165) is 19.5 Å². The van der Waals surface area contributed by atoms with E-state index in [0.29, 0.717) is 18.6 Å². The lowest BCUT2D eigenvalue weighted by atomic mass is 9.93. The molecule has 0 radical (unpaired) electrons. The number of likely N-dealkylation sites (tertiary alicyclic amines) is 1. The second-order valence-electron chi connectivity index (χ2n) is 4.97. The van der Waals surface area contributed by atoms with Crippen molar-refractivity contribution in [2.45, 2.75) is 31.8 Å². The van der Waals surface area contributed by atoms with Crippen molar-refractivity contribution in [2.24, 2.45) is 5.92 Å². The van der Waals surface area contributed by atoms with Crippen LogP contribution in [0.25, 0.3) is 0 Å². The molecule has 0 spiro atoms. The number of nitrogens with one attached hydrogen (secondary N) is 1. The topological polar surface area (TPSA) is 44.7 Å². The first-order valence-corrected chi connectivity index (χ1v) is 6.21. The molecule has 0 aromatic heterocycles. The zero-order chi connectivity index (χ0) is 12.0. The fourth-order valence-corrected chi connectivity index (χ4v) is 2.48. The summed E-state index contributed by atoms with van der Waals surface area (Å²) in [5.74, 6) is 0.664. The zero-order valence-electron chi connectivity index (χ0n) is 10.8. The third-order valence-corrected chi connectivity index (χ3v) is 3.40. The monoisotopic (exact) mass is 230 g/mol. The molecule has 16 heavy (non-hydrogen) atoms. The lowest BCUT2D eigenvalue weighted by Gasteiger charge is -2.37. The van der Waals surface area contributed by atoms with E-state index in [1.165, 1.54) is 6.42 Å². The SMILES string of the molecule is COCC(CCO)NC1CCN(C)CC1C. The van der Waals surface area contributed by atoms with Gasteiger partial charge in [0.05, 0.1) is 6.61 Å². The van der Waals surface area contributed by atoms with Crippen LogP contribution in [0.4, 0.5) is 0 Å². The number of aliphatic hydroxyl groups is 1. The molecule has 1 aliphatic heterocycles. The van der Waals surface area contributed by atoms with Crippen LogP contribution in [0, 0.1) is 5.92 Å². The molecule has 0 aromatic carbocycles. The highest BCUT2D eigenvalue weighted by Crippen LogP contribution is 2.16. The first kappa shape index (κ1) is 13.9. The second kappa shape index (κ2) is 7.22. The number of aliphatic hydroxyl groups excluding tert-OH is 1. The normalized spacial score (nSPS) is 29.2. The van der Waals surface area contributed by atoms with Gasteiger partial charge in [-0.05, 0) is 32.4 Å². The lowest BCUT2D eigenvalue weighted by molar-refractivity contribution is 0.114. The van der Waals surface area contributed by atoms with Crippen LogP contribution in [0.15, 0.2) is 0 Å². The van der Waals surface area contributed by atoms with Crippen molar-refractivity contribution in [1.82, 2.24) is 10.2 Å². The van der Waals surface area contributed by atoms with Gasteiger partial charge in [0, 0.05) is 32.3 Å². The average molecular weight is 230 g/mol. The molecule has 3 unspecified atom stereocenters. The van der Waals surface area contributed by atoms with Gasteiger partial charge in [-0.3, -0.25) is 0 Å². The van der Waals surface area contributed by atoms with Crippen LogP contribution in [0.1, 0.15) is 19.8 Å². The maximum absolute atomic E-state index is 9.00. The van der Waals surface area contributed by atoms with Gasteiger partial charge in [-0.2, -0.15) is 0 Å². The molecule has 4 nitrogen and oxygen atoms in total. The maximum atomic E-state index is 9.00. The van der Waals surface area contributed by atoms with Crippen molar-refractivity contribution in [1.29, 1.82) is 0 Å². The smallest absolute Gasteiger partial charge is 0.0616 e. The van der Waals surface area contributed by atoms with Gasteiger partial charge in [-0.25, -0.2) is 0 Å². The Labute approximate surface area is 99.0 Å². The number of methoxy groups -OCH3 is 1. The van der Waals surface area contributed by atoms with Gasteiger partial charge in [0.25, 0.3) is 0 Å². The number of ether oxygens (including phenoxy) is 1. The molecule has 1 heterocycles. The number of hydrogen-bond acceptors (Lipinski definition) is 4. The first-order valence-electron chi connectivity index (χ1n) is 6.21. The Morgan fingerprint density at radius 3 is 2.88 bits per heavy atom. The van der Waals surface area contributed by atoms with Crippen molar-refractivity contribution in [3.05, 3.63) is 0 Å². The van der Waals surface area contributed by atoms with E-state index < -0.39 is 0 Å². The quantitative estimate of drug-likeness (QED) is 0.689. The Hall–Kier alpha value is -0.160. The highest BCUT2D eigenvalue weighted by atomic mass is 16.5. The molecule has 0 amide bonds. The number of piperidine rings is 1. The van der Waals surface area contributed by atoms with Crippen molar-refractivity contribution in [2.75, 3.05) is 40.5 Å². The van der Waals surface area contributed by atoms with E-state index >= 15 is 0 Å². The van der Waals surface area contributed by atoms with Gasteiger partial charge in [0.1, 0.15) is 0 Å². The second-order valence-corrected chi connectivity index (χ2v) is 4.97. The third kappa shape index (κ3) is 4.37. The highest BCUT2D eigenvalue weighted by Gasteiger charge is 2.25. The van der Waals surface area contributed by atoms with Crippen LogP contribution in [0.2, 0.25) is 0 Å². The van der Waals surface area contributed by atoms with E-state index in [-0.39, 0.29) is 12.6 Å². The van der Waals surface area contributed by atoms with E-state index in [9.17, 15) is 0 Å². The fourth-order valence-electron chi connectivity index (χ4n) is 2.48. The van der Waals surface area contributed by atoms with E-state index in [4.69, 9.17) is 9.84 Å². The summed E-state index contributed by atoms with van der Waals surface area (Å²) in [4.78, 5) is 2.38. The van der Waals surface area contributed by atoms with Crippen molar-refractivity contribution in [3.63, 3.8) is 0 Å². The van der Waals surface area contributed by atoms with Crippen LogP contribution in [0.3, 0.4) is 0 Å². The summed E-state index contributed by atoms with van der Waals surface area (Å²) in [5, 5.41) is 12.6. The fraction of sp³-hybridized carbons (Fsp3) is 1.00. The van der Waals surface area contributed by atoms with E-state index in [1.807, 2.05) is 0 Å². The van der Waals surface area contributed by atoms with Crippen LogP contribution >= 0.6 is 0 Å². The van der Waals surface area contributed by atoms with Crippen LogP contribution in [-0.4, -0.2) is 62.6 Å².